The third-order valence-corrected chi connectivity index (χ3v) is 1.61. The second-order valence-electron chi connectivity index (χ2n) is 1.88. The first-order chi connectivity index (χ1) is 4.76. The Kier molecular flexibility index (Phi) is 5.24. The summed E-state index contributed by atoms with van der Waals surface area (Å²) in [4.78, 5) is 10.8. The summed E-state index contributed by atoms with van der Waals surface area (Å²) in [5, 5.41) is 0. The monoisotopic (exact) mass is 162 g/mol. The highest BCUT2D eigenvalue weighted by molar-refractivity contribution is 6.06. The van der Waals surface area contributed by atoms with Crippen LogP contribution in [0.15, 0.2) is 0 Å². The van der Waals surface area contributed by atoms with Gasteiger partial charge in [-0.25, -0.2) is 0 Å². The zero-order valence-corrected chi connectivity index (χ0v) is 8.72. The average molecular weight is 162 g/mol. The number of hydrogen-bond donors (Lipinski definition) is 0. The highest BCUT2D eigenvalue weighted by Gasteiger charge is 2.14. The summed E-state index contributed by atoms with van der Waals surface area (Å²) in [6, 6.07) is 0. The van der Waals surface area contributed by atoms with Gasteiger partial charge in [-0.15, -0.1) is 0 Å². The molecule has 0 aliphatic heterocycles. The largest absolute Gasteiger partial charge is 0.527 e. The van der Waals surface area contributed by atoms with Crippen molar-refractivity contribution in [2.45, 2.75) is 26.4 Å². The predicted octanol–water partition coefficient (Wildman–Crippen LogP) is -0.375. The molecule has 0 aromatic rings. The van der Waals surface area contributed by atoms with Gasteiger partial charge in [0.2, 0.25) is 10.5 Å². The van der Waals surface area contributed by atoms with E-state index in [1.165, 1.54) is 0 Å². The van der Waals surface area contributed by atoms with E-state index in [0.29, 0.717) is 23.5 Å². The van der Waals surface area contributed by atoms with Crippen LogP contribution in [0.3, 0.4) is 0 Å². The SMILES string of the molecule is CCOC(CC)C(=O)O[SiH3]. The molecule has 0 bridgehead atoms. The zero-order valence-electron chi connectivity index (χ0n) is 6.72. The Labute approximate surface area is 64.2 Å². The third-order valence-electron chi connectivity index (χ3n) is 1.20. The van der Waals surface area contributed by atoms with Crippen LogP contribution in [0.25, 0.3) is 0 Å². The van der Waals surface area contributed by atoms with Crippen molar-refractivity contribution in [3.63, 3.8) is 0 Å². The van der Waals surface area contributed by atoms with Gasteiger partial charge in [0.1, 0.15) is 0 Å². The van der Waals surface area contributed by atoms with Gasteiger partial charge < -0.3 is 9.16 Å². The molecule has 0 aromatic carbocycles. The minimum atomic E-state index is -0.345. The second-order valence-corrected chi connectivity index (χ2v) is 2.28. The standard InChI is InChI=1S/C6H14O3Si/c1-3-5(8-4-2)6(7)9-10/h5H,3-4H2,1-2,10H3. The van der Waals surface area contributed by atoms with E-state index in [2.05, 4.69) is 4.43 Å². The lowest BCUT2D eigenvalue weighted by molar-refractivity contribution is -0.146. The van der Waals surface area contributed by atoms with Crippen molar-refractivity contribution < 1.29 is 14.0 Å². The van der Waals surface area contributed by atoms with Crippen LogP contribution in [0, 0.1) is 0 Å². The van der Waals surface area contributed by atoms with Gasteiger partial charge in [0.25, 0.3) is 0 Å². The van der Waals surface area contributed by atoms with Gasteiger partial charge in [-0.05, 0) is 13.3 Å². The second kappa shape index (κ2) is 5.43. The smallest absolute Gasteiger partial charge is 0.321 e. The van der Waals surface area contributed by atoms with Gasteiger partial charge in [0, 0.05) is 6.61 Å². The highest BCUT2D eigenvalue weighted by Crippen LogP contribution is 1.98. The van der Waals surface area contributed by atoms with Gasteiger partial charge in [-0.3, -0.25) is 4.79 Å². The van der Waals surface area contributed by atoms with Crippen LogP contribution in [0.4, 0.5) is 0 Å². The molecule has 0 saturated carbocycles. The van der Waals surface area contributed by atoms with Crippen molar-refractivity contribution in [3.8, 4) is 0 Å². The average Bonchev–Trinajstić information content (AvgIpc) is 1.99. The van der Waals surface area contributed by atoms with Crippen molar-refractivity contribution >= 4 is 16.5 Å². The normalized spacial score (nSPS) is 13.0. The molecule has 0 fully saturated rings. The maximum Gasteiger partial charge on any atom is 0.321 e. The number of carbonyl (C=O) groups is 1. The first kappa shape index (κ1) is 9.65. The molecular formula is C6H14O3Si. The molecule has 10 heavy (non-hydrogen) atoms. The van der Waals surface area contributed by atoms with Crippen LogP contribution < -0.4 is 0 Å². The molecule has 0 aromatic heterocycles. The number of hydrogen-bond acceptors (Lipinski definition) is 3. The van der Waals surface area contributed by atoms with Gasteiger partial charge in [0.05, 0.1) is 0 Å². The summed E-state index contributed by atoms with van der Waals surface area (Å²) in [6.07, 6.45) is 0.344. The van der Waals surface area contributed by atoms with E-state index in [4.69, 9.17) is 4.74 Å². The molecule has 3 nitrogen and oxygen atoms in total. The predicted molar refractivity (Wildman–Crippen MR) is 41.7 cm³/mol. The van der Waals surface area contributed by atoms with E-state index in [1.807, 2.05) is 13.8 Å². The first-order valence-electron chi connectivity index (χ1n) is 3.45. The molecule has 0 amide bonds. The summed E-state index contributed by atoms with van der Waals surface area (Å²) >= 11 is 0. The quantitative estimate of drug-likeness (QED) is 0.529. The van der Waals surface area contributed by atoms with E-state index >= 15 is 0 Å². The van der Waals surface area contributed by atoms with Gasteiger partial charge in [0.15, 0.2) is 6.10 Å². The molecule has 4 heteroatoms. The van der Waals surface area contributed by atoms with E-state index < -0.39 is 0 Å². The Morgan fingerprint density at radius 2 is 2.20 bits per heavy atom. The Hall–Kier alpha value is -0.353. The molecule has 60 valence electrons. The summed E-state index contributed by atoms with van der Waals surface area (Å²) in [5.41, 5.74) is 0. The topological polar surface area (TPSA) is 35.5 Å². The maximum atomic E-state index is 10.8. The van der Waals surface area contributed by atoms with Crippen LogP contribution >= 0.6 is 0 Å². The molecule has 0 spiro atoms. The molecule has 1 atom stereocenters. The van der Waals surface area contributed by atoms with E-state index in [-0.39, 0.29) is 12.1 Å². The van der Waals surface area contributed by atoms with Crippen LogP contribution in [-0.4, -0.2) is 29.2 Å². The van der Waals surface area contributed by atoms with Crippen LogP contribution in [0.2, 0.25) is 0 Å². The van der Waals surface area contributed by atoms with Crippen LogP contribution in [0.1, 0.15) is 20.3 Å². The molecule has 0 rings (SSSR count). The number of carbonyl (C=O) groups excluding carboxylic acids is 1. The number of rotatable bonds is 4. The van der Waals surface area contributed by atoms with E-state index in [1.54, 1.807) is 0 Å². The lowest BCUT2D eigenvalue weighted by Crippen LogP contribution is -2.24. The molecule has 0 radical (unpaired) electrons. The Bertz CT molecular complexity index is 105. The highest BCUT2D eigenvalue weighted by atomic mass is 28.2. The molecule has 0 saturated heterocycles. The fourth-order valence-electron chi connectivity index (χ4n) is 0.685. The van der Waals surface area contributed by atoms with Gasteiger partial charge in [-0.1, -0.05) is 6.92 Å². The maximum absolute atomic E-state index is 10.8. The molecule has 0 aliphatic carbocycles. The van der Waals surface area contributed by atoms with Crippen molar-refractivity contribution in [1.82, 2.24) is 0 Å². The molecular weight excluding hydrogens is 148 g/mol. The van der Waals surface area contributed by atoms with Gasteiger partial charge >= 0.3 is 5.97 Å². The van der Waals surface area contributed by atoms with Crippen LogP contribution in [-0.2, 0) is 14.0 Å². The Balaban J connectivity index is 3.68. The van der Waals surface area contributed by atoms with Crippen LogP contribution in [0.5, 0.6) is 0 Å². The van der Waals surface area contributed by atoms with E-state index in [0.717, 1.165) is 0 Å². The molecule has 1 unspecified atom stereocenters. The minimum absolute atomic E-state index is 0.226. The molecule has 0 N–H and O–H groups in total. The van der Waals surface area contributed by atoms with Crippen molar-refractivity contribution in [2.75, 3.05) is 6.61 Å². The summed E-state index contributed by atoms with van der Waals surface area (Å²) < 4.78 is 9.72. The summed E-state index contributed by atoms with van der Waals surface area (Å²) in [5.74, 6) is -0.226. The molecule has 0 aliphatic rings. The lowest BCUT2D eigenvalue weighted by Gasteiger charge is -2.11. The first-order valence-corrected chi connectivity index (χ1v) is 4.27. The molecule has 0 heterocycles. The Morgan fingerprint density at radius 3 is 2.50 bits per heavy atom. The fourth-order valence-corrected chi connectivity index (χ4v) is 0.948. The lowest BCUT2D eigenvalue weighted by atomic mass is 10.3. The fraction of sp³-hybridized carbons (Fsp3) is 0.833. The van der Waals surface area contributed by atoms with E-state index in [9.17, 15) is 4.79 Å². The summed E-state index contributed by atoms with van der Waals surface area (Å²) in [7, 11) is 0.453. The Morgan fingerprint density at radius 1 is 1.60 bits per heavy atom. The van der Waals surface area contributed by atoms with Crippen molar-refractivity contribution in [3.05, 3.63) is 0 Å². The number of ether oxygens (including phenoxy) is 1. The van der Waals surface area contributed by atoms with Crippen molar-refractivity contribution in [2.24, 2.45) is 0 Å². The zero-order chi connectivity index (χ0) is 7.98. The summed E-state index contributed by atoms with van der Waals surface area (Å²) in [6.45, 7) is 4.33. The minimum Gasteiger partial charge on any atom is -0.527 e. The van der Waals surface area contributed by atoms with Gasteiger partial charge in [-0.2, -0.15) is 0 Å². The van der Waals surface area contributed by atoms with Crippen molar-refractivity contribution in [1.29, 1.82) is 0 Å². The third kappa shape index (κ3) is 2.98.